The summed E-state index contributed by atoms with van der Waals surface area (Å²) in [6.07, 6.45) is 8.51. The van der Waals surface area contributed by atoms with Crippen LogP contribution in [0.15, 0.2) is 40.8 Å². The van der Waals surface area contributed by atoms with E-state index in [1.54, 1.807) is 35.6 Å². The van der Waals surface area contributed by atoms with Crippen LogP contribution >= 0.6 is 0 Å². The van der Waals surface area contributed by atoms with E-state index >= 15 is 0 Å². The molecule has 2 aromatic rings. The van der Waals surface area contributed by atoms with Gasteiger partial charge in [-0.15, -0.1) is 0 Å². The zero-order chi connectivity index (χ0) is 15.8. The van der Waals surface area contributed by atoms with Crippen molar-refractivity contribution in [2.24, 2.45) is 17.0 Å². The average molecular weight is 298 g/mol. The van der Waals surface area contributed by atoms with E-state index in [1.807, 2.05) is 20.3 Å². The summed E-state index contributed by atoms with van der Waals surface area (Å²) in [7, 11) is 3.67. The van der Waals surface area contributed by atoms with Crippen LogP contribution in [0, 0.1) is 0 Å². The Bertz CT molecular complexity index is 686. The van der Waals surface area contributed by atoms with Crippen molar-refractivity contribution in [2.45, 2.75) is 0 Å². The summed E-state index contributed by atoms with van der Waals surface area (Å²) in [5.74, 6) is 0.475. The predicted octanol–water partition coefficient (Wildman–Crippen LogP) is 1.24. The Morgan fingerprint density at radius 2 is 2.36 bits per heavy atom. The highest BCUT2D eigenvalue weighted by atomic mass is 15.3. The molecule has 22 heavy (non-hydrogen) atoms. The first-order valence-corrected chi connectivity index (χ1v) is 6.62. The molecule has 2 rings (SSSR count). The first-order valence-electron chi connectivity index (χ1n) is 6.62. The molecule has 0 aromatic carbocycles. The molecular weight excluding hydrogens is 280 g/mol. The summed E-state index contributed by atoms with van der Waals surface area (Å²) >= 11 is 0. The minimum Gasteiger partial charge on any atom is -0.321 e. The molecule has 8 nitrogen and oxygen atoms in total. The molecule has 2 heterocycles. The lowest BCUT2D eigenvalue weighted by atomic mass is 10.2. The highest BCUT2D eigenvalue weighted by Crippen LogP contribution is 2.15. The molecular formula is C14H18N8. The van der Waals surface area contributed by atoms with E-state index in [9.17, 15) is 0 Å². The van der Waals surface area contributed by atoms with Gasteiger partial charge in [-0.05, 0) is 19.8 Å². The third-order valence-electron chi connectivity index (χ3n) is 2.62. The summed E-state index contributed by atoms with van der Waals surface area (Å²) < 4.78 is 1.70. The van der Waals surface area contributed by atoms with Crippen LogP contribution in [0.2, 0.25) is 0 Å². The van der Waals surface area contributed by atoms with E-state index in [4.69, 9.17) is 0 Å². The predicted molar refractivity (Wildman–Crippen MR) is 88.5 cm³/mol. The van der Waals surface area contributed by atoms with E-state index in [1.165, 1.54) is 0 Å². The number of nitrogens with one attached hydrogen (secondary N) is 2. The van der Waals surface area contributed by atoms with Crippen molar-refractivity contribution in [3.05, 3.63) is 36.6 Å². The molecule has 0 spiro atoms. The van der Waals surface area contributed by atoms with Gasteiger partial charge in [0.15, 0.2) is 0 Å². The van der Waals surface area contributed by atoms with E-state index in [0.717, 1.165) is 11.3 Å². The third kappa shape index (κ3) is 4.32. The topological polar surface area (TPSA) is 92.4 Å². The van der Waals surface area contributed by atoms with Crippen LogP contribution in [-0.4, -0.2) is 46.4 Å². The normalized spacial score (nSPS) is 11.8. The maximum absolute atomic E-state index is 4.45. The van der Waals surface area contributed by atoms with Crippen LogP contribution in [0.3, 0.4) is 0 Å². The number of aryl methyl sites for hydroxylation is 1. The van der Waals surface area contributed by atoms with E-state index in [2.05, 4.69) is 42.4 Å². The number of hydrogen-bond acceptors (Lipinski definition) is 7. The van der Waals surface area contributed by atoms with Crippen molar-refractivity contribution in [3.8, 4) is 0 Å². The lowest BCUT2D eigenvalue weighted by molar-refractivity contribution is 0.768. The number of hydrogen-bond donors (Lipinski definition) is 2. The zero-order valence-corrected chi connectivity index (χ0v) is 12.6. The molecule has 114 valence electrons. The Balaban J connectivity index is 2.21. The van der Waals surface area contributed by atoms with Gasteiger partial charge in [0.2, 0.25) is 5.95 Å². The Morgan fingerprint density at radius 1 is 1.50 bits per heavy atom. The molecule has 0 aliphatic rings. The van der Waals surface area contributed by atoms with Gasteiger partial charge in [0.1, 0.15) is 0 Å². The highest BCUT2D eigenvalue weighted by Gasteiger charge is 2.05. The average Bonchev–Trinajstić information content (AvgIpc) is 2.92. The minimum atomic E-state index is 0.475. The summed E-state index contributed by atoms with van der Waals surface area (Å²) in [5.41, 5.74) is 2.27. The van der Waals surface area contributed by atoms with Crippen LogP contribution in [0.4, 0.5) is 11.6 Å². The fourth-order valence-electron chi connectivity index (χ4n) is 1.69. The smallest absolute Gasteiger partial charge is 0.227 e. The van der Waals surface area contributed by atoms with Gasteiger partial charge in [0.25, 0.3) is 0 Å². The van der Waals surface area contributed by atoms with Gasteiger partial charge in [0.05, 0.1) is 24.2 Å². The summed E-state index contributed by atoms with van der Waals surface area (Å²) in [6, 6.07) is 1.79. The number of anilines is 2. The second-order valence-electron chi connectivity index (χ2n) is 4.38. The molecule has 0 atom stereocenters. The molecule has 0 unspecified atom stereocenters. The molecule has 0 aliphatic heterocycles. The van der Waals surface area contributed by atoms with Gasteiger partial charge in [0, 0.05) is 37.4 Å². The molecule has 0 saturated heterocycles. The second kappa shape index (κ2) is 7.79. The molecule has 0 aliphatic carbocycles. The molecule has 0 fully saturated rings. The molecule has 0 radical (unpaired) electrons. The number of aliphatic imine (C=N–C) groups is 2. The maximum atomic E-state index is 4.45. The first-order chi connectivity index (χ1) is 10.7. The monoisotopic (exact) mass is 298 g/mol. The Hall–Kier alpha value is -2.87. The van der Waals surface area contributed by atoms with Crippen LogP contribution < -0.4 is 10.6 Å². The van der Waals surface area contributed by atoms with Gasteiger partial charge in [-0.1, -0.05) is 0 Å². The lowest BCUT2D eigenvalue weighted by Crippen LogP contribution is -2.05. The van der Waals surface area contributed by atoms with Gasteiger partial charge < -0.3 is 10.6 Å². The van der Waals surface area contributed by atoms with Crippen molar-refractivity contribution >= 4 is 30.1 Å². The number of aromatic nitrogens is 4. The number of allylic oxidation sites excluding steroid dienone is 1. The third-order valence-corrected chi connectivity index (χ3v) is 2.62. The van der Waals surface area contributed by atoms with E-state index in [-0.39, 0.29) is 0 Å². The second-order valence-corrected chi connectivity index (χ2v) is 4.38. The van der Waals surface area contributed by atoms with E-state index < -0.39 is 0 Å². The molecule has 8 heteroatoms. The summed E-state index contributed by atoms with van der Waals surface area (Å²) in [4.78, 5) is 16.6. The van der Waals surface area contributed by atoms with Crippen molar-refractivity contribution in [1.29, 1.82) is 0 Å². The molecule has 2 N–H and O–H groups in total. The molecule has 0 bridgehead atoms. The van der Waals surface area contributed by atoms with Crippen LogP contribution in [0.5, 0.6) is 0 Å². The van der Waals surface area contributed by atoms with Gasteiger partial charge in [-0.2, -0.15) is 5.10 Å². The zero-order valence-electron chi connectivity index (χ0n) is 12.6. The van der Waals surface area contributed by atoms with Crippen molar-refractivity contribution < 1.29 is 0 Å². The minimum absolute atomic E-state index is 0.475. The van der Waals surface area contributed by atoms with Gasteiger partial charge in [-0.3, -0.25) is 14.7 Å². The quantitative estimate of drug-likeness (QED) is 0.750. The van der Waals surface area contributed by atoms with Crippen LogP contribution in [-0.2, 0) is 7.05 Å². The number of nitrogens with zero attached hydrogens (tertiary/aromatic N) is 6. The molecule has 0 amide bonds. The summed E-state index contributed by atoms with van der Waals surface area (Å²) in [6.45, 7) is 3.99. The van der Waals surface area contributed by atoms with Crippen molar-refractivity contribution in [1.82, 2.24) is 25.1 Å². The first kappa shape index (κ1) is 15.5. The Kier molecular flexibility index (Phi) is 5.50. The highest BCUT2D eigenvalue weighted by molar-refractivity contribution is 6.09. The Labute approximate surface area is 128 Å². The summed E-state index contributed by atoms with van der Waals surface area (Å²) in [5, 5.41) is 10.1. The maximum Gasteiger partial charge on any atom is 0.227 e. The number of rotatable bonds is 7. The van der Waals surface area contributed by atoms with Gasteiger partial charge in [-0.25, -0.2) is 9.97 Å². The standard InChI is InChI=1S/C14H18N8/c1-15-6-11(7-17-10-16-2)13-4-5-18-14(21-13)20-12-8-19-22(3)9-12/h4-9,16H,1,10H2,2-3H3,(H,18,20,21)/b11-6+,17-7-. The fourth-order valence-corrected chi connectivity index (χ4v) is 1.69. The molecule has 2 aromatic heterocycles. The fraction of sp³-hybridized carbons (Fsp3) is 0.214. The largest absolute Gasteiger partial charge is 0.321 e. The van der Waals surface area contributed by atoms with Crippen LogP contribution in [0.1, 0.15) is 5.69 Å². The van der Waals surface area contributed by atoms with Crippen molar-refractivity contribution in [2.75, 3.05) is 19.0 Å². The molecule has 0 saturated carbocycles. The van der Waals surface area contributed by atoms with Crippen molar-refractivity contribution in [3.63, 3.8) is 0 Å². The van der Waals surface area contributed by atoms with Gasteiger partial charge >= 0.3 is 0 Å². The van der Waals surface area contributed by atoms with E-state index in [0.29, 0.717) is 18.3 Å². The van der Waals surface area contributed by atoms with Crippen LogP contribution in [0.25, 0.3) is 5.57 Å². The Morgan fingerprint density at radius 3 is 3.05 bits per heavy atom. The lowest BCUT2D eigenvalue weighted by Gasteiger charge is -2.04. The SMILES string of the molecule is C=N/C=C(\C=N/CNC)c1ccnc(Nc2cnn(C)c2)n1.